The molecule has 0 spiro atoms. The van der Waals surface area contributed by atoms with Gasteiger partial charge < -0.3 is 10.4 Å². The van der Waals surface area contributed by atoms with Crippen molar-refractivity contribution >= 4 is 22.9 Å². The summed E-state index contributed by atoms with van der Waals surface area (Å²) in [5.74, 6) is 0.0971. The van der Waals surface area contributed by atoms with Crippen LogP contribution in [0.3, 0.4) is 0 Å². The molecule has 5 heteroatoms. The summed E-state index contributed by atoms with van der Waals surface area (Å²) in [4.78, 5) is 5.53. The summed E-state index contributed by atoms with van der Waals surface area (Å²) in [6.07, 6.45) is 1.86. The summed E-state index contributed by atoms with van der Waals surface area (Å²) in [5, 5.41) is 13.9. The Kier molecular flexibility index (Phi) is 3.99. The second-order valence-electron chi connectivity index (χ2n) is 3.58. The van der Waals surface area contributed by atoms with Crippen LogP contribution in [0, 0.1) is 0 Å². The lowest BCUT2D eigenvalue weighted by molar-refractivity contribution is 0.475. The minimum Gasteiger partial charge on any atom is -0.506 e. The molecule has 2 N–H and O–H groups in total. The van der Waals surface area contributed by atoms with Gasteiger partial charge in [-0.25, -0.2) is 4.98 Å². The van der Waals surface area contributed by atoms with E-state index in [0.717, 1.165) is 23.7 Å². The summed E-state index contributed by atoms with van der Waals surface area (Å²) in [6, 6.07) is 5.13. The highest BCUT2D eigenvalue weighted by Gasteiger charge is 2.06. The standard InChI is InChI=1S/C12H13ClN2OS/c1-2-14-6-9-7-15-12(17-9)8-3-4-11(16)10(13)5-8/h3-5,7,14,16H,2,6H2,1H3. The Bertz CT molecular complexity index is 513. The molecule has 0 atom stereocenters. The van der Waals surface area contributed by atoms with E-state index in [1.54, 1.807) is 23.5 Å². The largest absolute Gasteiger partial charge is 0.506 e. The smallest absolute Gasteiger partial charge is 0.134 e. The van der Waals surface area contributed by atoms with Crippen molar-refractivity contribution in [3.63, 3.8) is 0 Å². The van der Waals surface area contributed by atoms with E-state index >= 15 is 0 Å². The second kappa shape index (κ2) is 5.49. The zero-order valence-corrected chi connectivity index (χ0v) is 11.0. The lowest BCUT2D eigenvalue weighted by Crippen LogP contribution is -2.10. The second-order valence-corrected chi connectivity index (χ2v) is 5.10. The number of halogens is 1. The maximum absolute atomic E-state index is 9.35. The Morgan fingerprint density at radius 3 is 3.00 bits per heavy atom. The van der Waals surface area contributed by atoms with Crippen LogP contribution >= 0.6 is 22.9 Å². The molecular weight excluding hydrogens is 256 g/mol. The summed E-state index contributed by atoms with van der Waals surface area (Å²) in [6.45, 7) is 3.85. The number of nitrogens with zero attached hydrogens (tertiary/aromatic N) is 1. The first-order valence-electron chi connectivity index (χ1n) is 5.35. The molecule has 0 aliphatic rings. The Morgan fingerprint density at radius 2 is 2.29 bits per heavy atom. The fourth-order valence-electron chi connectivity index (χ4n) is 1.41. The van der Waals surface area contributed by atoms with E-state index in [4.69, 9.17) is 11.6 Å². The highest BCUT2D eigenvalue weighted by molar-refractivity contribution is 7.15. The number of hydrogen-bond acceptors (Lipinski definition) is 4. The van der Waals surface area contributed by atoms with Gasteiger partial charge in [0, 0.05) is 23.2 Å². The number of aromatic hydroxyl groups is 1. The molecule has 0 saturated carbocycles. The Hall–Kier alpha value is -1.10. The van der Waals surface area contributed by atoms with Crippen molar-refractivity contribution < 1.29 is 5.11 Å². The Morgan fingerprint density at radius 1 is 1.47 bits per heavy atom. The molecule has 0 unspecified atom stereocenters. The monoisotopic (exact) mass is 268 g/mol. The van der Waals surface area contributed by atoms with Crippen LogP contribution in [0.5, 0.6) is 5.75 Å². The van der Waals surface area contributed by atoms with E-state index in [1.807, 2.05) is 12.3 Å². The fraction of sp³-hybridized carbons (Fsp3) is 0.250. The van der Waals surface area contributed by atoms with Gasteiger partial charge in [0.15, 0.2) is 0 Å². The number of thiazole rings is 1. The number of rotatable bonds is 4. The van der Waals surface area contributed by atoms with Crippen LogP contribution in [-0.2, 0) is 6.54 Å². The van der Waals surface area contributed by atoms with Gasteiger partial charge in [0.1, 0.15) is 10.8 Å². The van der Waals surface area contributed by atoms with E-state index in [9.17, 15) is 5.11 Å². The molecule has 0 aliphatic heterocycles. The quantitative estimate of drug-likeness (QED) is 0.895. The van der Waals surface area contributed by atoms with Crippen LogP contribution in [0.15, 0.2) is 24.4 Å². The van der Waals surface area contributed by atoms with Gasteiger partial charge in [-0.15, -0.1) is 11.3 Å². The van der Waals surface area contributed by atoms with E-state index in [2.05, 4.69) is 17.2 Å². The van der Waals surface area contributed by atoms with Crippen molar-refractivity contribution in [1.29, 1.82) is 0 Å². The van der Waals surface area contributed by atoms with Crippen molar-refractivity contribution in [3.8, 4) is 16.3 Å². The highest BCUT2D eigenvalue weighted by Crippen LogP contribution is 2.31. The minimum absolute atomic E-state index is 0.0971. The van der Waals surface area contributed by atoms with Crippen molar-refractivity contribution in [2.45, 2.75) is 13.5 Å². The molecule has 0 amide bonds. The van der Waals surface area contributed by atoms with Gasteiger partial charge in [-0.1, -0.05) is 18.5 Å². The van der Waals surface area contributed by atoms with Crippen LogP contribution in [0.2, 0.25) is 5.02 Å². The predicted molar refractivity (Wildman–Crippen MR) is 71.6 cm³/mol. The number of phenols is 1. The molecule has 0 saturated heterocycles. The van der Waals surface area contributed by atoms with Crippen LogP contribution in [0.4, 0.5) is 0 Å². The number of aromatic nitrogens is 1. The third-order valence-corrected chi connectivity index (χ3v) is 3.65. The summed E-state index contributed by atoms with van der Waals surface area (Å²) in [7, 11) is 0. The maximum Gasteiger partial charge on any atom is 0.134 e. The number of phenolic OH excluding ortho intramolecular Hbond substituents is 1. The number of hydrogen-bond donors (Lipinski definition) is 2. The van der Waals surface area contributed by atoms with Gasteiger partial charge in [-0.2, -0.15) is 0 Å². The Balaban J connectivity index is 2.21. The molecule has 0 aliphatic carbocycles. The van der Waals surface area contributed by atoms with Crippen LogP contribution in [0.25, 0.3) is 10.6 Å². The molecule has 1 aromatic carbocycles. The average molecular weight is 269 g/mol. The van der Waals surface area contributed by atoms with E-state index in [1.165, 1.54) is 4.88 Å². The van der Waals surface area contributed by atoms with Gasteiger partial charge in [0.25, 0.3) is 0 Å². The molecule has 0 fully saturated rings. The van der Waals surface area contributed by atoms with E-state index < -0.39 is 0 Å². The molecule has 1 aromatic heterocycles. The zero-order valence-electron chi connectivity index (χ0n) is 9.40. The number of nitrogens with one attached hydrogen (secondary N) is 1. The first kappa shape index (κ1) is 12.4. The molecular formula is C12H13ClN2OS. The van der Waals surface area contributed by atoms with E-state index in [-0.39, 0.29) is 5.75 Å². The van der Waals surface area contributed by atoms with Crippen molar-refractivity contribution in [2.75, 3.05) is 6.54 Å². The zero-order chi connectivity index (χ0) is 12.3. The topological polar surface area (TPSA) is 45.2 Å². The molecule has 3 nitrogen and oxygen atoms in total. The SMILES string of the molecule is CCNCc1cnc(-c2ccc(O)c(Cl)c2)s1. The van der Waals surface area contributed by atoms with Gasteiger partial charge in [0.05, 0.1) is 5.02 Å². The summed E-state index contributed by atoms with van der Waals surface area (Å²) >= 11 is 7.50. The van der Waals surface area contributed by atoms with Crippen molar-refractivity contribution in [1.82, 2.24) is 10.3 Å². The normalized spacial score (nSPS) is 10.7. The minimum atomic E-state index is 0.0971. The Labute approximate surface area is 109 Å². The van der Waals surface area contributed by atoms with Gasteiger partial charge in [0.2, 0.25) is 0 Å². The van der Waals surface area contributed by atoms with E-state index in [0.29, 0.717) is 5.02 Å². The van der Waals surface area contributed by atoms with Gasteiger partial charge in [-0.05, 0) is 24.7 Å². The predicted octanol–water partition coefficient (Wildman–Crippen LogP) is 3.28. The molecule has 2 aromatic rings. The van der Waals surface area contributed by atoms with Crippen LogP contribution < -0.4 is 5.32 Å². The lowest BCUT2D eigenvalue weighted by atomic mass is 10.2. The summed E-state index contributed by atoms with van der Waals surface area (Å²) in [5.41, 5.74) is 0.931. The molecule has 2 rings (SSSR count). The maximum atomic E-state index is 9.35. The van der Waals surface area contributed by atoms with Crippen LogP contribution in [-0.4, -0.2) is 16.6 Å². The third-order valence-electron chi connectivity index (χ3n) is 2.30. The molecule has 90 valence electrons. The van der Waals surface area contributed by atoms with Gasteiger partial charge >= 0.3 is 0 Å². The molecule has 17 heavy (non-hydrogen) atoms. The first-order chi connectivity index (χ1) is 8.20. The molecule has 0 bridgehead atoms. The molecule has 1 heterocycles. The average Bonchev–Trinajstić information content (AvgIpc) is 2.79. The fourth-order valence-corrected chi connectivity index (χ4v) is 2.47. The third kappa shape index (κ3) is 2.97. The highest BCUT2D eigenvalue weighted by atomic mass is 35.5. The van der Waals surface area contributed by atoms with Gasteiger partial charge in [-0.3, -0.25) is 0 Å². The van der Waals surface area contributed by atoms with Crippen molar-refractivity contribution in [3.05, 3.63) is 34.3 Å². The lowest BCUT2D eigenvalue weighted by Gasteiger charge is -1.99. The molecule has 0 radical (unpaired) electrons. The first-order valence-corrected chi connectivity index (χ1v) is 6.54. The number of benzene rings is 1. The summed E-state index contributed by atoms with van der Waals surface area (Å²) < 4.78 is 0. The van der Waals surface area contributed by atoms with Crippen LogP contribution in [0.1, 0.15) is 11.8 Å². The van der Waals surface area contributed by atoms with Crippen molar-refractivity contribution in [2.24, 2.45) is 0 Å².